The van der Waals surface area contributed by atoms with Crippen LogP contribution in [0.2, 0.25) is 0 Å². The first-order chi connectivity index (χ1) is 9.54. The molecule has 1 aliphatic heterocycles. The van der Waals surface area contributed by atoms with Gasteiger partial charge < -0.3 is 4.74 Å². The van der Waals surface area contributed by atoms with Crippen molar-refractivity contribution < 1.29 is 22.7 Å². The summed E-state index contributed by atoms with van der Waals surface area (Å²) in [6.45, 7) is 0. The zero-order valence-electron chi connectivity index (χ0n) is 10.2. The lowest BCUT2D eigenvalue weighted by Crippen LogP contribution is -2.21. The van der Waals surface area contributed by atoms with Crippen molar-refractivity contribution in [1.29, 1.82) is 0 Å². The molecule has 3 rings (SSSR count). The van der Waals surface area contributed by atoms with Gasteiger partial charge in [-0.15, -0.1) is 0 Å². The Kier molecular flexibility index (Phi) is 2.97. The van der Waals surface area contributed by atoms with Crippen LogP contribution in [0.1, 0.15) is 28.4 Å². The van der Waals surface area contributed by atoms with E-state index in [-0.39, 0.29) is 23.5 Å². The minimum atomic E-state index is -1.08. The summed E-state index contributed by atoms with van der Waals surface area (Å²) in [6, 6.07) is 7.20. The number of hydrogen-bond donors (Lipinski definition) is 0. The van der Waals surface area contributed by atoms with Crippen molar-refractivity contribution in [2.75, 3.05) is 0 Å². The Morgan fingerprint density at radius 2 is 1.65 bits per heavy atom. The predicted octanol–water partition coefficient (Wildman–Crippen LogP) is 3.81. The summed E-state index contributed by atoms with van der Waals surface area (Å²) in [5, 5.41) is 0. The van der Waals surface area contributed by atoms with E-state index in [9.17, 15) is 18.0 Å². The van der Waals surface area contributed by atoms with Gasteiger partial charge in [0.05, 0.1) is 12.0 Å². The molecule has 0 radical (unpaired) electrons. The molecule has 2 aromatic rings. The molecule has 2 nitrogen and oxygen atoms in total. The molecule has 0 fully saturated rings. The van der Waals surface area contributed by atoms with Gasteiger partial charge in [0.15, 0.2) is 17.4 Å². The Morgan fingerprint density at radius 3 is 2.35 bits per heavy atom. The molecule has 0 saturated carbocycles. The van der Waals surface area contributed by atoms with E-state index in [2.05, 4.69) is 0 Å². The number of halogens is 3. The number of carbonyl (C=O) groups excluding carboxylic acids is 1. The van der Waals surface area contributed by atoms with Gasteiger partial charge in [-0.1, -0.05) is 12.1 Å². The standard InChI is InChI=1S/C15H9F3O2/c16-9-3-1-8(2-4-9)14-7-13(19)10-5-11(17)12(18)6-15(10)20-14/h1-6,14H,7H2. The maximum atomic E-state index is 13.2. The molecular weight excluding hydrogens is 269 g/mol. The topological polar surface area (TPSA) is 26.3 Å². The maximum Gasteiger partial charge on any atom is 0.170 e. The zero-order chi connectivity index (χ0) is 14.3. The summed E-state index contributed by atoms with van der Waals surface area (Å²) >= 11 is 0. The van der Waals surface area contributed by atoms with E-state index in [0.717, 1.165) is 12.1 Å². The van der Waals surface area contributed by atoms with Crippen LogP contribution in [-0.4, -0.2) is 5.78 Å². The first-order valence-corrected chi connectivity index (χ1v) is 5.99. The highest BCUT2D eigenvalue weighted by molar-refractivity contribution is 6.00. The van der Waals surface area contributed by atoms with Crippen LogP contribution in [0.3, 0.4) is 0 Å². The van der Waals surface area contributed by atoms with Gasteiger partial charge in [0.2, 0.25) is 0 Å². The van der Waals surface area contributed by atoms with Crippen molar-refractivity contribution >= 4 is 5.78 Å². The molecule has 0 spiro atoms. The molecule has 0 aromatic heterocycles. The summed E-state index contributed by atoms with van der Waals surface area (Å²) in [5.41, 5.74) is 0.636. The molecule has 0 bridgehead atoms. The Morgan fingerprint density at radius 1 is 1.00 bits per heavy atom. The Labute approximate surface area is 112 Å². The Balaban J connectivity index is 1.98. The van der Waals surface area contributed by atoms with Gasteiger partial charge in [-0.05, 0) is 23.8 Å². The fraction of sp³-hybridized carbons (Fsp3) is 0.133. The Hall–Kier alpha value is -2.30. The van der Waals surface area contributed by atoms with Gasteiger partial charge >= 0.3 is 0 Å². The van der Waals surface area contributed by atoms with Crippen LogP contribution in [0.4, 0.5) is 13.2 Å². The van der Waals surface area contributed by atoms with Crippen LogP contribution < -0.4 is 4.74 Å². The number of ether oxygens (including phenoxy) is 1. The fourth-order valence-corrected chi connectivity index (χ4v) is 2.18. The summed E-state index contributed by atoms with van der Waals surface area (Å²) < 4.78 is 44.7. The lowest BCUT2D eigenvalue weighted by molar-refractivity contribution is 0.0848. The van der Waals surface area contributed by atoms with Crippen LogP contribution in [-0.2, 0) is 0 Å². The summed E-state index contributed by atoms with van der Waals surface area (Å²) in [6.07, 6.45) is -0.621. The first-order valence-electron chi connectivity index (χ1n) is 5.99. The van der Waals surface area contributed by atoms with Crippen LogP contribution >= 0.6 is 0 Å². The second kappa shape index (κ2) is 4.67. The van der Waals surface area contributed by atoms with E-state index in [0.29, 0.717) is 5.56 Å². The van der Waals surface area contributed by atoms with E-state index in [4.69, 9.17) is 4.74 Å². The van der Waals surface area contributed by atoms with Gasteiger partial charge in [-0.2, -0.15) is 0 Å². The highest BCUT2D eigenvalue weighted by atomic mass is 19.2. The summed E-state index contributed by atoms with van der Waals surface area (Å²) in [5.74, 6) is -2.88. The quantitative estimate of drug-likeness (QED) is 0.793. The van der Waals surface area contributed by atoms with Crippen molar-refractivity contribution in [3.05, 3.63) is 65.0 Å². The zero-order valence-corrected chi connectivity index (χ0v) is 10.2. The molecule has 0 aliphatic carbocycles. The van der Waals surface area contributed by atoms with Crippen LogP contribution in [0.25, 0.3) is 0 Å². The summed E-state index contributed by atoms with van der Waals surface area (Å²) in [4.78, 5) is 12.0. The number of carbonyl (C=O) groups is 1. The second-order valence-corrected chi connectivity index (χ2v) is 4.55. The molecule has 2 aromatic carbocycles. The fourth-order valence-electron chi connectivity index (χ4n) is 2.18. The Bertz CT molecular complexity index is 680. The largest absolute Gasteiger partial charge is 0.484 e. The third-order valence-electron chi connectivity index (χ3n) is 3.20. The van der Waals surface area contributed by atoms with Crippen LogP contribution in [0, 0.1) is 17.5 Å². The van der Waals surface area contributed by atoms with Crippen molar-refractivity contribution in [2.45, 2.75) is 12.5 Å². The summed E-state index contributed by atoms with van der Waals surface area (Å²) in [7, 11) is 0. The number of fused-ring (bicyclic) bond motifs is 1. The number of Topliss-reactive ketones (excluding diaryl/α,β-unsaturated/α-hetero) is 1. The normalized spacial score (nSPS) is 17.6. The van der Waals surface area contributed by atoms with Crippen molar-refractivity contribution in [3.63, 3.8) is 0 Å². The van der Waals surface area contributed by atoms with Crippen molar-refractivity contribution in [1.82, 2.24) is 0 Å². The third kappa shape index (κ3) is 2.15. The number of rotatable bonds is 1. The average Bonchev–Trinajstić information content (AvgIpc) is 2.42. The molecule has 20 heavy (non-hydrogen) atoms. The molecule has 1 aliphatic rings. The lowest BCUT2D eigenvalue weighted by Gasteiger charge is -2.25. The van der Waals surface area contributed by atoms with Crippen molar-refractivity contribution in [3.8, 4) is 5.75 Å². The lowest BCUT2D eigenvalue weighted by atomic mass is 9.96. The highest BCUT2D eigenvalue weighted by Crippen LogP contribution is 2.35. The number of benzene rings is 2. The molecular formula is C15H9F3O2. The smallest absolute Gasteiger partial charge is 0.170 e. The molecule has 1 unspecified atom stereocenters. The van der Waals surface area contributed by atoms with E-state index in [1.807, 2.05) is 0 Å². The molecule has 0 amide bonds. The number of hydrogen-bond acceptors (Lipinski definition) is 2. The predicted molar refractivity (Wildman–Crippen MR) is 65.1 cm³/mol. The molecule has 1 heterocycles. The van der Waals surface area contributed by atoms with Crippen molar-refractivity contribution in [2.24, 2.45) is 0 Å². The van der Waals surface area contributed by atoms with Gasteiger partial charge in [0.25, 0.3) is 0 Å². The maximum absolute atomic E-state index is 13.2. The molecule has 1 atom stereocenters. The molecule has 0 saturated heterocycles. The molecule has 0 N–H and O–H groups in total. The minimum Gasteiger partial charge on any atom is -0.484 e. The number of ketones is 1. The van der Waals surface area contributed by atoms with Gasteiger partial charge in [0, 0.05) is 6.07 Å². The van der Waals surface area contributed by atoms with E-state index in [1.54, 1.807) is 0 Å². The monoisotopic (exact) mass is 278 g/mol. The third-order valence-corrected chi connectivity index (χ3v) is 3.20. The second-order valence-electron chi connectivity index (χ2n) is 4.55. The highest BCUT2D eigenvalue weighted by Gasteiger charge is 2.29. The van der Waals surface area contributed by atoms with Gasteiger partial charge in [0.1, 0.15) is 17.7 Å². The molecule has 102 valence electrons. The average molecular weight is 278 g/mol. The van der Waals surface area contributed by atoms with Crippen LogP contribution in [0.5, 0.6) is 5.75 Å². The van der Waals surface area contributed by atoms with Gasteiger partial charge in [-0.3, -0.25) is 4.79 Å². The van der Waals surface area contributed by atoms with E-state index >= 15 is 0 Å². The minimum absolute atomic E-state index is 0.00368. The molecule has 5 heteroatoms. The van der Waals surface area contributed by atoms with E-state index < -0.39 is 23.6 Å². The van der Waals surface area contributed by atoms with E-state index in [1.165, 1.54) is 24.3 Å². The van der Waals surface area contributed by atoms with Gasteiger partial charge in [-0.25, -0.2) is 13.2 Å². The van der Waals surface area contributed by atoms with Crippen LogP contribution in [0.15, 0.2) is 36.4 Å². The SMILES string of the molecule is O=C1CC(c2ccc(F)cc2)Oc2cc(F)c(F)cc21. The first kappa shape index (κ1) is 12.7.